The fraction of sp³-hybridized carbons (Fsp3) is 0.509. The number of hydrogen-bond acceptors (Lipinski definition) is 13. The first-order valence-corrected chi connectivity index (χ1v) is 26.9. The van der Waals surface area contributed by atoms with Gasteiger partial charge in [-0.25, -0.2) is 8.78 Å². The molecule has 6 saturated heterocycles. The molecule has 386 valence electrons. The van der Waals surface area contributed by atoms with Crippen LogP contribution in [0.25, 0.3) is 32.9 Å². The Morgan fingerprint density at radius 3 is 2.27 bits per heavy atom. The van der Waals surface area contributed by atoms with E-state index in [-0.39, 0.29) is 63.6 Å². The molecule has 12 rings (SSSR count). The highest BCUT2D eigenvalue weighted by atomic mass is 19.1. The molecule has 6 fully saturated rings. The first-order chi connectivity index (χ1) is 36.0. The molecule has 5 aromatic rings. The Balaban J connectivity index is 0.624. The molecule has 2 aromatic heterocycles. The van der Waals surface area contributed by atoms with E-state index in [2.05, 4.69) is 52.2 Å². The van der Waals surface area contributed by atoms with Crippen molar-refractivity contribution >= 4 is 50.9 Å². The van der Waals surface area contributed by atoms with Crippen LogP contribution in [0.5, 0.6) is 11.8 Å². The summed E-state index contributed by atoms with van der Waals surface area (Å²) in [6.07, 6.45) is 18.4. The summed E-state index contributed by atoms with van der Waals surface area (Å²) in [6, 6.07) is 11.6. The zero-order chi connectivity index (χ0) is 50.6. The predicted molar refractivity (Wildman–Crippen MR) is 278 cm³/mol. The number of imide groups is 1. The molecule has 0 spiro atoms. The van der Waals surface area contributed by atoms with Gasteiger partial charge in [-0.3, -0.25) is 29.6 Å². The van der Waals surface area contributed by atoms with Gasteiger partial charge in [-0.15, -0.1) is 6.42 Å². The Morgan fingerprint density at radius 1 is 0.811 bits per heavy atom. The van der Waals surface area contributed by atoms with Crippen LogP contribution in [0, 0.1) is 41.7 Å². The summed E-state index contributed by atoms with van der Waals surface area (Å²) in [5.74, 6) is 2.84. The fourth-order valence-electron chi connectivity index (χ4n) is 13.4. The van der Waals surface area contributed by atoms with Crippen molar-refractivity contribution in [2.45, 2.75) is 95.3 Å². The van der Waals surface area contributed by atoms with Crippen molar-refractivity contribution in [1.29, 1.82) is 0 Å². The summed E-state index contributed by atoms with van der Waals surface area (Å²) in [6.45, 7) is 10.2. The van der Waals surface area contributed by atoms with Crippen LogP contribution in [0.1, 0.15) is 92.1 Å². The summed E-state index contributed by atoms with van der Waals surface area (Å²) in [5.41, 5.74) is 2.85. The maximum absolute atomic E-state index is 17.0. The van der Waals surface area contributed by atoms with E-state index in [1.54, 1.807) is 11.1 Å². The quantitative estimate of drug-likeness (QED) is 0.0906. The van der Waals surface area contributed by atoms with E-state index in [9.17, 15) is 19.5 Å². The molecular formula is C57H64F2N10O5. The van der Waals surface area contributed by atoms with Crippen molar-refractivity contribution in [3.8, 4) is 35.4 Å². The number of piperazine rings is 1. The Bertz CT molecular complexity index is 3040. The number of amides is 3. The van der Waals surface area contributed by atoms with Gasteiger partial charge in [-0.2, -0.15) is 9.97 Å². The van der Waals surface area contributed by atoms with Gasteiger partial charge in [0.1, 0.15) is 41.2 Å². The van der Waals surface area contributed by atoms with E-state index in [0.29, 0.717) is 85.3 Å². The minimum Gasteiger partial charge on any atom is -0.508 e. The maximum Gasteiger partial charge on any atom is 0.319 e. The molecule has 2 bridgehead atoms. The molecule has 74 heavy (non-hydrogen) atoms. The smallest absolute Gasteiger partial charge is 0.319 e. The van der Waals surface area contributed by atoms with Crippen molar-refractivity contribution in [3.05, 3.63) is 77.0 Å². The Kier molecular flexibility index (Phi) is 13.3. The predicted octanol–water partition coefficient (Wildman–Crippen LogP) is 6.62. The molecule has 3 unspecified atom stereocenters. The Morgan fingerprint density at radius 2 is 1.54 bits per heavy atom. The fourth-order valence-corrected chi connectivity index (χ4v) is 13.4. The lowest BCUT2D eigenvalue weighted by Crippen LogP contribution is -2.52. The van der Waals surface area contributed by atoms with Crippen molar-refractivity contribution in [3.63, 3.8) is 0 Å². The number of carbonyl (C=O) groups excluding carboxylic acids is 3. The number of terminal acetylenes is 1. The van der Waals surface area contributed by atoms with E-state index >= 15 is 8.78 Å². The number of halogens is 2. The standard InChI is InChI=1S/C57H64F2N10O5/c1-2-41-46(58)9-6-37-27-40(70)28-43(50(37)41)52-51(59)53-44(29-60-52)54(68-31-38-7-8-39(32-68)61-38)64-57(63-53)74-25-24-65-18-12-34(13-19-65)26-35-14-20-66(21-15-35)30-36-16-22-67(23-17-36)47-5-3-4-42-45(47)33-69(56(42)73)48-10-11-49(71)62-55(48)72/h1,3-6,9,27-29,34-36,38-39,48,61,70H,7-8,10-26,30-33H2,(H,62,71,72). The number of carbonyl (C=O) groups is 3. The molecule has 17 heteroatoms. The van der Waals surface area contributed by atoms with Crippen LogP contribution in [0.4, 0.5) is 20.3 Å². The van der Waals surface area contributed by atoms with Crippen LogP contribution in [-0.4, -0.2) is 143 Å². The number of phenols is 1. The SMILES string of the molecule is C#Cc1c(F)ccc2cc(O)cc(-c3ncc4c(N5CC6CCC(C5)N6)nc(OCCN5CCC(CC6CCN(CC7CCN(c8cccc9c8CN(C8CCC(=O)NC8=O)C9=O)CC7)CC6)CC5)nc4c3F)c12. The highest BCUT2D eigenvalue weighted by Crippen LogP contribution is 2.41. The van der Waals surface area contributed by atoms with Crippen LogP contribution in [0.15, 0.2) is 48.7 Å². The third-order valence-electron chi connectivity index (χ3n) is 17.4. The Labute approximate surface area is 430 Å². The van der Waals surface area contributed by atoms with E-state index in [0.717, 1.165) is 102 Å². The van der Waals surface area contributed by atoms with Crippen molar-refractivity contribution < 1.29 is 33.0 Å². The molecule has 3 atom stereocenters. The van der Waals surface area contributed by atoms with Gasteiger partial charge in [0, 0.05) is 98.3 Å². The van der Waals surface area contributed by atoms with Crippen molar-refractivity contribution in [2.24, 2.45) is 17.8 Å². The number of aromatic nitrogens is 3. The molecule has 3 amide bonds. The molecule has 7 aliphatic heterocycles. The number of nitrogens with one attached hydrogen (secondary N) is 2. The number of aromatic hydroxyl groups is 1. The number of phenolic OH excluding ortho intramolecular Hbond substituents is 1. The topological polar surface area (TPSA) is 160 Å². The number of hydrogen-bond donors (Lipinski definition) is 3. The molecule has 7 aliphatic rings. The molecule has 15 nitrogen and oxygen atoms in total. The normalized spacial score (nSPS) is 23.5. The third kappa shape index (κ3) is 9.49. The van der Waals surface area contributed by atoms with Crippen LogP contribution >= 0.6 is 0 Å². The van der Waals surface area contributed by atoms with Gasteiger partial charge >= 0.3 is 6.01 Å². The number of likely N-dealkylation sites (tertiary alicyclic amines) is 2. The van der Waals surface area contributed by atoms with E-state index in [1.807, 2.05) is 12.1 Å². The van der Waals surface area contributed by atoms with Gasteiger partial charge in [-0.1, -0.05) is 18.1 Å². The van der Waals surface area contributed by atoms with Crippen LogP contribution < -0.4 is 25.2 Å². The largest absolute Gasteiger partial charge is 0.508 e. The van der Waals surface area contributed by atoms with Gasteiger partial charge in [0.05, 0.1) is 10.9 Å². The van der Waals surface area contributed by atoms with Gasteiger partial charge in [0.25, 0.3) is 5.91 Å². The van der Waals surface area contributed by atoms with E-state index in [4.69, 9.17) is 16.1 Å². The minimum atomic E-state index is -0.727. The lowest BCUT2D eigenvalue weighted by Gasteiger charge is -2.40. The van der Waals surface area contributed by atoms with Gasteiger partial charge in [0.2, 0.25) is 11.8 Å². The minimum absolute atomic E-state index is 0.0349. The number of piperidine rings is 4. The maximum atomic E-state index is 17.0. The number of rotatable bonds is 12. The summed E-state index contributed by atoms with van der Waals surface area (Å²) >= 11 is 0. The van der Waals surface area contributed by atoms with Crippen molar-refractivity contribution in [1.82, 2.24) is 40.3 Å². The van der Waals surface area contributed by atoms with E-state index < -0.39 is 17.7 Å². The molecule has 9 heterocycles. The molecule has 0 radical (unpaired) electrons. The molecule has 0 saturated carbocycles. The highest BCUT2D eigenvalue weighted by molar-refractivity contribution is 6.06. The van der Waals surface area contributed by atoms with Crippen LogP contribution in [0.3, 0.4) is 0 Å². The average Bonchev–Trinajstić information content (AvgIpc) is 3.94. The first kappa shape index (κ1) is 48.5. The Hall–Kier alpha value is -6.48. The van der Waals surface area contributed by atoms with Crippen LogP contribution in [0.2, 0.25) is 0 Å². The first-order valence-electron chi connectivity index (χ1n) is 26.9. The average molecular weight is 1010 g/mol. The summed E-state index contributed by atoms with van der Waals surface area (Å²) in [4.78, 5) is 63.3. The summed E-state index contributed by atoms with van der Waals surface area (Å²) < 4.78 is 38.4. The lowest BCUT2D eigenvalue weighted by molar-refractivity contribution is -0.136. The second kappa shape index (κ2) is 20.3. The molecule has 3 N–H and O–H groups in total. The number of anilines is 2. The molecular weight excluding hydrogens is 943 g/mol. The molecule has 3 aromatic carbocycles. The number of fused-ring (bicyclic) bond motifs is 5. The monoisotopic (exact) mass is 1010 g/mol. The summed E-state index contributed by atoms with van der Waals surface area (Å²) in [7, 11) is 0. The molecule has 0 aliphatic carbocycles. The summed E-state index contributed by atoms with van der Waals surface area (Å²) in [5, 5.41) is 17.9. The van der Waals surface area contributed by atoms with E-state index in [1.165, 1.54) is 43.5 Å². The van der Waals surface area contributed by atoms with Gasteiger partial charge in [0.15, 0.2) is 5.82 Å². The number of benzene rings is 3. The second-order valence-corrected chi connectivity index (χ2v) is 22.0. The number of nitrogens with zero attached hydrogens (tertiary/aromatic N) is 8. The van der Waals surface area contributed by atoms with Crippen LogP contribution in [-0.2, 0) is 16.1 Å². The second-order valence-electron chi connectivity index (χ2n) is 22.0. The zero-order valence-corrected chi connectivity index (χ0v) is 41.8. The lowest BCUT2D eigenvalue weighted by atomic mass is 9.82. The van der Waals surface area contributed by atoms with Gasteiger partial charge in [-0.05, 0) is 144 Å². The number of ether oxygens (including phenoxy) is 1. The number of pyridine rings is 1. The van der Waals surface area contributed by atoms with Crippen molar-refractivity contribution in [2.75, 3.05) is 81.9 Å². The third-order valence-corrected chi connectivity index (χ3v) is 17.4. The highest BCUT2D eigenvalue weighted by Gasteiger charge is 2.41. The zero-order valence-electron chi connectivity index (χ0n) is 41.8. The van der Waals surface area contributed by atoms with Gasteiger partial charge < -0.3 is 34.8 Å².